The number of pyridine rings is 1. The summed E-state index contributed by atoms with van der Waals surface area (Å²) in [5, 5.41) is 0. The van der Waals surface area contributed by atoms with Gasteiger partial charge in [-0.05, 0) is 25.1 Å². The van der Waals surface area contributed by atoms with E-state index in [1.54, 1.807) is 6.92 Å². The van der Waals surface area contributed by atoms with Crippen LogP contribution in [0.25, 0.3) is 0 Å². The number of hydrogen-bond acceptors (Lipinski definition) is 3. The standard InChI is InChI=1S/C13H13FN2O3S/c1-2-16-9-10(7-8-13(16)17)15-20(18,19)12-6-4-3-5-11(12)14/h3-9,15H,2H2,1H3. The van der Waals surface area contributed by atoms with Gasteiger partial charge < -0.3 is 4.57 Å². The van der Waals surface area contributed by atoms with Crippen LogP contribution in [0.15, 0.2) is 52.3 Å². The smallest absolute Gasteiger partial charge is 0.264 e. The van der Waals surface area contributed by atoms with E-state index in [-0.39, 0.29) is 11.2 Å². The van der Waals surface area contributed by atoms with Gasteiger partial charge in [0, 0.05) is 18.8 Å². The molecule has 0 aliphatic carbocycles. The van der Waals surface area contributed by atoms with Gasteiger partial charge in [0.1, 0.15) is 10.7 Å². The molecule has 0 aliphatic heterocycles. The largest absolute Gasteiger partial charge is 0.314 e. The molecule has 0 spiro atoms. The van der Waals surface area contributed by atoms with E-state index in [0.717, 1.165) is 6.07 Å². The summed E-state index contributed by atoms with van der Waals surface area (Å²) in [6, 6.07) is 7.68. The molecule has 1 heterocycles. The summed E-state index contributed by atoms with van der Waals surface area (Å²) in [6.07, 6.45) is 1.38. The summed E-state index contributed by atoms with van der Waals surface area (Å²) in [5.74, 6) is -0.830. The Bertz CT molecular complexity index is 784. The lowest BCUT2D eigenvalue weighted by molar-refractivity contribution is 0.570. The van der Waals surface area contributed by atoms with Crippen molar-refractivity contribution >= 4 is 15.7 Å². The molecule has 0 amide bonds. The summed E-state index contributed by atoms with van der Waals surface area (Å²) < 4.78 is 41.3. The van der Waals surface area contributed by atoms with Gasteiger partial charge in [0.2, 0.25) is 0 Å². The number of aromatic nitrogens is 1. The SMILES string of the molecule is CCn1cc(NS(=O)(=O)c2ccccc2F)ccc1=O. The molecule has 0 aliphatic rings. The highest BCUT2D eigenvalue weighted by Gasteiger charge is 2.18. The summed E-state index contributed by atoms with van der Waals surface area (Å²) in [7, 11) is -4.02. The monoisotopic (exact) mass is 296 g/mol. The van der Waals surface area contributed by atoms with Crippen LogP contribution in [-0.4, -0.2) is 13.0 Å². The van der Waals surface area contributed by atoms with Gasteiger partial charge in [0.05, 0.1) is 5.69 Å². The van der Waals surface area contributed by atoms with Crippen LogP contribution in [-0.2, 0) is 16.6 Å². The highest BCUT2D eigenvalue weighted by atomic mass is 32.2. The number of nitrogens with one attached hydrogen (secondary N) is 1. The first kappa shape index (κ1) is 14.3. The Balaban J connectivity index is 2.39. The van der Waals surface area contributed by atoms with E-state index in [0.29, 0.717) is 6.54 Å². The van der Waals surface area contributed by atoms with Crippen molar-refractivity contribution in [3.8, 4) is 0 Å². The van der Waals surface area contributed by atoms with Gasteiger partial charge in [-0.1, -0.05) is 12.1 Å². The Morgan fingerprint density at radius 1 is 1.20 bits per heavy atom. The molecule has 0 saturated heterocycles. The zero-order valence-electron chi connectivity index (χ0n) is 10.7. The normalized spacial score (nSPS) is 11.3. The molecule has 7 heteroatoms. The van der Waals surface area contributed by atoms with Crippen LogP contribution in [0.1, 0.15) is 6.92 Å². The first-order valence-electron chi connectivity index (χ1n) is 5.92. The molecule has 0 atom stereocenters. The predicted molar refractivity (Wildman–Crippen MR) is 73.6 cm³/mol. The molecule has 0 saturated carbocycles. The van der Waals surface area contributed by atoms with Crippen LogP contribution in [0.2, 0.25) is 0 Å². The van der Waals surface area contributed by atoms with Crippen molar-refractivity contribution in [3.05, 3.63) is 58.8 Å². The molecular formula is C13H13FN2O3S. The molecule has 0 bridgehead atoms. The lowest BCUT2D eigenvalue weighted by Gasteiger charge is -2.10. The molecule has 0 radical (unpaired) electrons. The fourth-order valence-corrected chi connectivity index (χ4v) is 2.84. The van der Waals surface area contributed by atoms with Gasteiger partial charge in [0.15, 0.2) is 0 Å². The van der Waals surface area contributed by atoms with Crippen molar-refractivity contribution in [2.45, 2.75) is 18.4 Å². The maximum absolute atomic E-state index is 13.5. The summed E-state index contributed by atoms with van der Waals surface area (Å²) in [4.78, 5) is 11.0. The van der Waals surface area contributed by atoms with Gasteiger partial charge in [-0.15, -0.1) is 0 Å². The number of nitrogens with zero attached hydrogens (tertiary/aromatic N) is 1. The summed E-state index contributed by atoms with van der Waals surface area (Å²) in [5.41, 5.74) is -0.0314. The molecule has 2 rings (SSSR count). The van der Waals surface area contributed by atoms with Crippen LogP contribution < -0.4 is 10.3 Å². The molecule has 2 aromatic rings. The van der Waals surface area contributed by atoms with Crippen molar-refractivity contribution in [3.63, 3.8) is 0 Å². The molecule has 20 heavy (non-hydrogen) atoms. The highest BCUT2D eigenvalue weighted by Crippen LogP contribution is 2.17. The number of anilines is 1. The molecule has 106 valence electrons. The van der Waals surface area contributed by atoms with Gasteiger partial charge in [-0.25, -0.2) is 12.8 Å². The fourth-order valence-electron chi connectivity index (χ4n) is 1.71. The third-order valence-corrected chi connectivity index (χ3v) is 4.12. The van der Waals surface area contributed by atoms with Crippen molar-refractivity contribution < 1.29 is 12.8 Å². The second-order valence-corrected chi connectivity index (χ2v) is 5.73. The van der Waals surface area contributed by atoms with Crippen LogP contribution in [0, 0.1) is 5.82 Å². The predicted octanol–water partition coefficient (Wildman–Crippen LogP) is 1.81. The van der Waals surface area contributed by atoms with Gasteiger partial charge in [0.25, 0.3) is 15.6 Å². The zero-order valence-corrected chi connectivity index (χ0v) is 11.5. The van der Waals surface area contributed by atoms with E-state index in [2.05, 4.69) is 4.72 Å². The quantitative estimate of drug-likeness (QED) is 0.935. The van der Waals surface area contributed by atoms with Crippen LogP contribution >= 0.6 is 0 Å². The van der Waals surface area contributed by atoms with E-state index in [1.165, 1.54) is 41.1 Å². The van der Waals surface area contributed by atoms with Crippen LogP contribution in [0.4, 0.5) is 10.1 Å². The van der Waals surface area contributed by atoms with E-state index in [1.807, 2.05) is 0 Å². The average molecular weight is 296 g/mol. The van der Waals surface area contributed by atoms with Gasteiger partial charge in [-0.2, -0.15) is 0 Å². The first-order valence-corrected chi connectivity index (χ1v) is 7.40. The van der Waals surface area contributed by atoms with Crippen molar-refractivity contribution in [2.24, 2.45) is 0 Å². The minimum Gasteiger partial charge on any atom is -0.314 e. The van der Waals surface area contributed by atoms with E-state index >= 15 is 0 Å². The lowest BCUT2D eigenvalue weighted by atomic mass is 10.4. The minimum atomic E-state index is -4.02. The number of aryl methyl sites for hydroxylation is 1. The molecule has 1 N–H and O–H groups in total. The Hall–Kier alpha value is -2.15. The second kappa shape index (κ2) is 5.46. The van der Waals surface area contributed by atoms with Gasteiger partial charge in [-0.3, -0.25) is 9.52 Å². The van der Waals surface area contributed by atoms with Crippen molar-refractivity contribution in [1.29, 1.82) is 0 Å². The third-order valence-electron chi connectivity index (χ3n) is 2.70. The van der Waals surface area contributed by atoms with Crippen molar-refractivity contribution in [2.75, 3.05) is 4.72 Å². The van der Waals surface area contributed by atoms with Crippen molar-refractivity contribution in [1.82, 2.24) is 4.57 Å². The molecule has 0 fully saturated rings. The first-order chi connectivity index (χ1) is 9.44. The number of rotatable bonds is 4. The second-order valence-electron chi connectivity index (χ2n) is 4.08. The number of sulfonamides is 1. The minimum absolute atomic E-state index is 0.203. The lowest BCUT2D eigenvalue weighted by Crippen LogP contribution is -2.20. The molecule has 5 nitrogen and oxygen atoms in total. The number of benzene rings is 1. The Morgan fingerprint density at radius 3 is 2.55 bits per heavy atom. The van der Waals surface area contributed by atoms with Crippen LogP contribution in [0.5, 0.6) is 0 Å². The molecular weight excluding hydrogens is 283 g/mol. The Kier molecular flexibility index (Phi) is 3.89. The number of halogens is 1. The van der Waals surface area contributed by atoms with Crippen LogP contribution in [0.3, 0.4) is 0 Å². The maximum Gasteiger partial charge on any atom is 0.264 e. The molecule has 1 aromatic heterocycles. The topological polar surface area (TPSA) is 68.2 Å². The number of hydrogen-bond donors (Lipinski definition) is 1. The third kappa shape index (κ3) is 2.88. The molecule has 0 unspecified atom stereocenters. The van der Waals surface area contributed by atoms with Gasteiger partial charge >= 0.3 is 0 Å². The fraction of sp³-hybridized carbons (Fsp3) is 0.154. The highest BCUT2D eigenvalue weighted by molar-refractivity contribution is 7.92. The average Bonchev–Trinajstić information content (AvgIpc) is 2.41. The Labute approximate surface area is 115 Å². The summed E-state index contributed by atoms with van der Waals surface area (Å²) in [6.45, 7) is 2.17. The summed E-state index contributed by atoms with van der Waals surface area (Å²) >= 11 is 0. The van der Waals surface area contributed by atoms with E-state index < -0.39 is 20.7 Å². The molecule has 1 aromatic carbocycles. The maximum atomic E-state index is 13.5. The van der Waals surface area contributed by atoms with E-state index in [9.17, 15) is 17.6 Å². The zero-order chi connectivity index (χ0) is 14.8. The van der Waals surface area contributed by atoms with E-state index in [4.69, 9.17) is 0 Å². The Morgan fingerprint density at radius 2 is 1.90 bits per heavy atom.